The van der Waals surface area contributed by atoms with Gasteiger partial charge in [0.15, 0.2) is 0 Å². The van der Waals surface area contributed by atoms with Crippen LogP contribution in [0.15, 0.2) is 83.5 Å². The van der Waals surface area contributed by atoms with Crippen LogP contribution in [-0.4, -0.2) is 0 Å². The van der Waals surface area contributed by atoms with Crippen LogP contribution in [0.4, 0.5) is 0 Å². The molecule has 1 aromatic rings. The van der Waals surface area contributed by atoms with Crippen LogP contribution < -0.4 is 10.4 Å². The first-order valence-electron chi connectivity index (χ1n) is 9.17. The summed E-state index contributed by atoms with van der Waals surface area (Å²) in [7, 11) is 0. The van der Waals surface area contributed by atoms with Gasteiger partial charge in [0, 0.05) is 11.8 Å². The van der Waals surface area contributed by atoms with E-state index in [9.17, 15) is 0 Å². The fraction of sp³-hybridized carbons (Fsp3) is 0.250. The maximum atomic E-state index is 2.42. The molecule has 0 bridgehead atoms. The molecule has 0 heterocycles. The van der Waals surface area contributed by atoms with E-state index in [1.54, 1.807) is 22.3 Å². The molecular weight excluding hydrogens is 288 g/mol. The number of rotatable bonds is 1. The third-order valence-electron chi connectivity index (χ3n) is 5.83. The van der Waals surface area contributed by atoms with Gasteiger partial charge in [-0.2, -0.15) is 0 Å². The Balaban J connectivity index is 1.72. The van der Waals surface area contributed by atoms with Crippen LogP contribution in [-0.2, 0) is 0 Å². The molecule has 4 aliphatic rings. The van der Waals surface area contributed by atoms with E-state index >= 15 is 0 Å². The van der Waals surface area contributed by atoms with Crippen molar-refractivity contribution in [3.63, 3.8) is 0 Å². The van der Waals surface area contributed by atoms with Crippen LogP contribution >= 0.6 is 0 Å². The molecule has 0 heteroatoms. The van der Waals surface area contributed by atoms with Gasteiger partial charge in [0.2, 0.25) is 0 Å². The van der Waals surface area contributed by atoms with Gasteiger partial charge in [-0.1, -0.05) is 72.9 Å². The first-order valence-corrected chi connectivity index (χ1v) is 9.17. The van der Waals surface area contributed by atoms with E-state index in [0.29, 0.717) is 11.8 Å². The Labute approximate surface area is 143 Å². The van der Waals surface area contributed by atoms with Crippen molar-refractivity contribution in [2.24, 2.45) is 11.8 Å². The van der Waals surface area contributed by atoms with Crippen molar-refractivity contribution in [1.29, 1.82) is 0 Å². The van der Waals surface area contributed by atoms with Gasteiger partial charge in [-0.25, -0.2) is 0 Å². The lowest BCUT2D eigenvalue weighted by molar-refractivity contribution is 0.598. The highest BCUT2D eigenvalue weighted by atomic mass is 14.4. The Kier molecular flexibility index (Phi) is 3.29. The average molecular weight is 310 g/mol. The highest BCUT2D eigenvalue weighted by Crippen LogP contribution is 2.45. The first-order chi connectivity index (χ1) is 11.9. The summed E-state index contributed by atoms with van der Waals surface area (Å²) in [5, 5.41) is 2.85. The highest BCUT2D eigenvalue weighted by Gasteiger charge is 2.32. The summed E-state index contributed by atoms with van der Waals surface area (Å²) in [6.07, 6.45) is 23.7. The summed E-state index contributed by atoms with van der Waals surface area (Å²) < 4.78 is 0. The molecule has 118 valence electrons. The van der Waals surface area contributed by atoms with Gasteiger partial charge in [-0.15, -0.1) is 0 Å². The second kappa shape index (κ2) is 5.63. The summed E-state index contributed by atoms with van der Waals surface area (Å²) >= 11 is 0. The Bertz CT molecular complexity index is 960. The molecular formula is C24H22. The zero-order chi connectivity index (χ0) is 15.9. The van der Waals surface area contributed by atoms with Crippen molar-refractivity contribution in [3.8, 4) is 0 Å². The second-order valence-electron chi connectivity index (χ2n) is 7.15. The van der Waals surface area contributed by atoms with Crippen LogP contribution in [0, 0.1) is 11.8 Å². The minimum absolute atomic E-state index is 0.507. The molecule has 0 aromatic heterocycles. The topological polar surface area (TPSA) is 0 Å². The normalized spacial score (nSPS) is 27.2. The molecule has 0 aliphatic heterocycles. The minimum atomic E-state index is 0.507. The van der Waals surface area contributed by atoms with Gasteiger partial charge >= 0.3 is 0 Å². The molecule has 0 fully saturated rings. The van der Waals surface area contributed by atoms with E-state index in [4.69, 9.17) is 0 Å². The van der Waals surface area contributed by atoms with Gasteiger partial charge in [0.1, 0.15) is 0 Å². The summed E-state index contributed by atoms with van der Waals surface area (Å²) in [6.45, 7) is 0. The molecule has 4 aliphatic carbocycles. The summed E-state index contributed by atoms with van der Waals surface area (Å²) in [5.41, 5.74) is 6.22. The fourth-order valence-electron chi connectivity index (χ4n) is 4.72. The summed E-state index contributed by atoms with van der Waals surface area (Å²) in [5.74, 6) is 1.02. The molecule has 0 radical (unpaired) electrons. The van der Waals surface area contributed by atoms with Crippen LogP contribution in [0.25, 0.3) is 11.6 Å². The molecule has 0 N–H and O–H groups in total. The van der Waals surface area contributed by atoms with Crippen LogP contribution in [0.2, 0.25) is 0 Å². The fourth-order valence-corrected chi connectivity index (χ4v) is 4.72. The van der Waals surface area contributed by atoms with Gasteiger partial charge in [0.05, 0.1) is 0 Å². The Hall–Kier alpha value is -2.34. The number of fused-ring (bicyclic) bond motifs is 3. The molecule has 0 saturated carbocycles. The first kappa shape index (κ1) is 14.0. The lowest BCUT2D eigenvalue weighted by Gasteiger charge is -2.36. The zero-order valence-corrected chi connectivity index (χ0v) is 13.9. The average Bonchev–Trinajstić information content (AvgIpc) is 2.67. The quantitative estimate of drug-likeness (QED) is 0.723. The van der Waals surface area contributed by atoms with Crippen molar-refractivity contribution < 1.29 is 0 Å². The number of allylic oxidation sites excluding steroid dienone is 10. The third kappa shape index (κ3) is 2.13. The van der Waals surface area contributed by atoms with E-state index in [-0.39, 0.29) is 0 Å². The molecule has 5 rings (SSSR count). The van der Waals surface area contributed by atoms with E-state index in [2.05, 4.69) is 72.9 Å². The predicted octanol–water partition coefficient (Wildman–Crippen LogP) is 4.36. The SMILES string of the molecule is C1=CC2C=CC3=C(C=CCC3)C2C(C2=c3ccccc3=CCC2)=C1. The molecule has 0 spiro atoms. The Morgan fingerprint density at radius 2 is 1.88 bits per heavy atom. The van der Waals surface area contributed by atoms with Crippen molar-refractivity contribution in [2.75, 3.05) is 0 Å². The molecule has 1 aromatic carbocycles. The van der Waals surface area contributed by atoms with Crippen molar-refractivity contribution >= 4 is 11.6 Å². The predicted molar refractivity (Wildman–Crippen MR) is 102 cm³/mol. The van der Waals surface area contributed by atoms with E-state index < -0.39 is 0 Å². The van der Waals surface area contributed by atoms with E-state index in [0.717, 1.165) is 12.8 Å². The minimum Gasteiger partial charge on any atom is -0.0839 e. The van der Waals surface area contributed by atoms with Crippen molar-refractivity contribution in [2.45, 2.75) is 25.7 Å². The number of hydrogen-bond donors (Lipinski definition) is 0. The maximum absolute atomic E-state index is 2.42. The summed E-state index contributed by atoms with van der Waals surface area (Å²) in [4.78, 5) is 0. The van der Waals surface area contributed by atoms with Crippen LogP contribution in [0.3, 0.4) is 0 Å². The van der Waals surface area contributed by atoms with Crippen molar-refractivity contribution in [3.05, 3.63) is 94.0 Å². The van der Waals surface area contributed by atoms with Gasteiger partial charge < -0.3 is 0 Å². The standard InChI is InChI=1S/C24H22/c1-3-11-20-17(7-1)9-5-13-22(20)23-14-6-10-19-16-15-18-8-2-4-12-21(18)24(19)23/h1,3-4,6-7,9-12,14-16,19,24H,2,5,8,13H2. The molecule has 24 heavy (non-hydrogen) atoms. The lowest BCUT2D eigenvalue weighted by atomic mass is 9.68. The largest absolute Gasteiger partial charge is 0.0839 e. The molecule has 2 unspecified atom stereocenters. The molecule has 2 atom stereocenters. The van der Waals surface area contributed by atoms with E-state index in [1.165, 1.54) is 23.3 Å². The third-order valence-corrected chi connectivity index (χ3v) is 5.83. The van der Waals surface area contributed by atoms with E-state index in [1.807, 2.05) is 0 Å². The lowest BCUT2D eigenvalue weighted by Crippen LogP contribution is -2.32. The monoisotopic (exact) mass is 310 g/mol. The smallest absolute Gasteiger partial charge is 0.0193 e. The van der Waals surface area contributed by atoms with Crippen molar-refractivity contribution in [1.82, 2.24) is 0 Å². The van der Waals surface area contributed by atoms with Gasteiger partial charge in [-0.3, -0.25) is 0 Å². The highest BCUT2D eigenvalue weighted by molar-refractivity contribution is 5.72. The maximum Gasteiger partial charge on any atom is 0.0193 e. The molecule has 0 saturated heterocycles. The second-order valence-corrected chi connectivity index (χ2v) is 7.15. The zero-order valence-electron chi connectivity index (χ0n) is 13.9. The molecule has 0 nitrogen and oxygen atoms in total. The number of benzene rings is 1. The van der Waals surface area contributed by atoms with Crippen LogP contribution in [0.5, 0.6) is 0 Å². The number of hydrogen-bond acceptors (Lipinski definition) is 0. The van der Waals surface area contributed by atoms with Gasteiger partial charge in [0.25, 0.3) is 0 Å². The van der Waals surface area contributed by atoms with Gasteiger partial charge in [-0.05, 0) is 58.4 Å². The van der Waals surface area contributed by atoms with Crippen LogP contribution in [0.1, 0.15) is 25.7 Å². The summed E-state index contributed by atoms with van der Waals surface area (Å²) in [6, 6.07) is 8.90. The molecule has 0 amide bonds. The Morgan fingerprint density at radius 1 is 0.917 bits per heavy atom. The Morgan fingerprint density at radius 3 is 2.88 bits per heavy atom.